The molecule has 5 heteroatoms. The Morgan fingerprint density at radius 1 is 1.19 bits per heavy atom. The molecule has 0 radical (unpaired) electrons. The van der Waals surface area contributed by atoms with Crippen LogP contribution in [-0.2, 0) is 4.74 Å². The maximum Gasteiger partial charge on any atom is 0.338 e. The molecule has 1 saturated heterocycles. The standard InChI is InChI=1S/C16H24N2O2.ClH/c1-13-4-6-15(7-5-13)16(19)20-14(2)12-18-10-8-17(3)9-11-18;/h4-7,14H,8-12H2,1-3H3;1H. The van der Waals surface area contributed by atoms with Gasteiger partial charge in [0.2, 0.25) is 0 Å². The van der Waals surface area contributed by atoms with E-state index in [0.717, 1.165) is 38.3 Å². The maximum absolute atomic E-state index is 12.0. The van der Waals surface area contributed by atoms with Crippen molar-refractivity contribution in [1.82, 2.24) is 9.80 Å². The van der Waals surface area contributed by atoms with Crippen molar-refractivity contribution in [2.45, 2.75) is 20.0 Å². The van der Waals surface area contributed by atoms with Gasteiger partial charge in [-0.3, -0.25) is 4.90 Å². The van der Waals surface area contributed by atoms with Crippen LogP contribution in [0.3, 0.4) is 0 Å². The molecule has 21 heavy (non-hydrogen) atoms. The zero-order chi connectivity index (χ0) is 14.5. The van der Waals surface area contributed by atoms with E-state index in [-0.39, 0.29) is 24.5 Å². The third-order valence-electron chi connectivity index (χ3n) is 3.71. The molecule has 1 atom stereocenters. The number of esters is 1. The second-order valence-corrected chi connectivity index (χ2v) is 5.69. The lowest BCUT2D eigenvalue weighted by molar-refractivity contribution is 0.0207. The second kappa shape index (κ2) is 8.37. The van der Waals surface area contributed by atoms with Gasteiger partial charge in [-0.05, 0) is 33.0 Å². The predicted octanol–water partition coefficient (Wildman–Crippen LogP) is 2.21. The Morgan fingerprint density at radius 3 is 2.33 bits per heavy atom. The van der Waals surface area contributed by atoms with E-state index in [1.807, 2.05) is 38.1 Å². The van der Waals surface area contributed by atoms with E-state index >= 15 is 0 Å². The summed E-state index contributed by atoms with van der Waals surface area (Å²) in [5.41, 5.74) is 1.77. The van der Waals surface area contributed by atoms with Crippen molar-refractivity contribution >= 4 is 18.4 Å². The molecule has 1 aromatic carbocycles. The molecule has 2 rings (SSSR count). The Bertz CT molecular complexity index is 442. The number of benzene rings is 1. The van der Waals surface area contributed by atoms with E-state index in [2.05, 4.69) is 16.8 Å². The molecule has 1 aliphatic rings. The van der Waals surface area contributed by atoms with Crippen molar-refractivity contribution in [1.29, 1.82) is 0 Å². The lowest BCUT2D eigenvalue weighted by Crippen LogP contribution is -2.47. The van der Waals surface area contributed by atoms with Crippen LogP contribution in [0, 0.1) is 6.92 Å². The average Bonchev–Trinajstić information content (AvgIpc) is 2.42. The number of hydrogen-bond donors (Lipinski definition) is 0. The van der Waals surface area contributed by atoms with Crippen molar-refractivity contribution < 1.29 is 9.53 Å². The summed E-state index contributed by atoms with van der Waals surface area (Å²) in [5, 5.41) is 0. The Balaban J connectivity index is 0.00000220. The quantitative estimate of drug-likeness (QED) is 0.798. The zero-order valence-corrected chi connectivity index (χ0v) is 13.9. The first-order valence-corrected chi connectivity index (χ1v) is 7.23. The van der Waals surface area contributed by atoms with Gasteiger partial charge >= 0.3 is 5.97 Å². The summed E-state index contributed by atoms with van der Waals surface area (Å²) in [4.78, 5) is 16.7. The first kappa shape index (κ1) is 18.0. The van der Waals surface area contributed by atoms with Gasteiger partial charge in [0.05, 0.1) is 5.56 Å². The van der Waals surface area contributed by atoms with E-state index in [0.29, 0.717) is 5.56 Å². The largest absolute Gasteiger partial charge is 0.458 e. The van der Waals surface area contributed by atoms with Crippen LogP contribution in [0.2, 0.25) is 0 Å². The Labute approximate surface area is 133 Å². The van der Waals surface area contributed by atoms with E-state index in [1.165, 1.54) is 0 Å². The molecule has 0 aromatic heterocycles. The molecule has 1 heterocycles. The summed E-state index contributed by atoms with van der Waals surface area (Å²) in [5.74, 6) is -0.230. The van der Waals surface area contributed by atoms with Gasteiger partial charge in [0.15, 0.2) is 0 Å². The molecular weight excluding hydrogens is 288 g/mol. The highest BCUT2D eigenvalue weighted by Gasteiger charge is 2.18. The molecule has 0 saturated carbocycles. The molecule has 4 nitrogen and oxygen atoms in total. The highest BCUT2D eigenvalue weighted by Crippen LogP contribution is 2.08. The summed E-state index contributed by atoms with van der Waals surface area (Å²) in [6.07, 6.45) is -0.0767. The number of hydrogen-bond acceptors (Lipinski definition) is 4. The molecule has 1 unspecified atom stereocenters. The van der Waals surface area contributed by atoms with Crippen LogP contribution in [0.15, 0.2) is 24.3 Å². The molecule has 0 amide bonds. The van der Waals surface area contributed by atoms with Crippen LogP contribution < -0.4 is 0 Å². The topological polar surface area (TPSA) is 32.8 Å². The molecular formula is C16H25ClN2O2. The SMILES string of the molecule is Cc1ccc(C(=O)OC(C)CN2CCN(C)CC2)cc1.Cl. The molecule has 118 valence electrons. The lowest BCUT2D eigenvalue weighted by Gasteiger charge is -2.33. The van der Waals surface area contributed by atoms with Gasteiger partial charge in [-0.1, -0.05) is 17.7 Å². The van der Waals surface area contributed by atoms with E-state index in [1.54, 1.807) is 0 Å². The van der Waals surface area contributed by atoms with Gasteiger partial charge in [-0.25, -0.2) is 4.79 Å². The van der Waals surface area contributed by atoms with Crippen LogP contribution in [0.4, 0.5) is 0 Å². The second-order valence-electron chi connectivity index (χ2n) is 5.69. The average molecular weight is 313 g/mol. The normalized spacial score (nSPS) is 17.9. The van der Waals surface area contributed by atoms with Gasteiger partial charge < -0.3 is 9.64 Å². The first-order valence-electron chi connectivity index (χ1n) is 7.23. The Morgan fingerprint density at radius 2 is 1.76 bits per heavy atom. The number of rotatable bonds is 4. The number of halogens is 1. The summed E-state index contributed by atoms with van der Waals surface area (Å²) < 4.78 is 5.51. The Kier molecular flexibility index (Phi) is 7.15. The number of carbonyl (C=O) groups excluding carboxylic acids is 1. The van der Waals surface area contributed by atoms with Crippen LogP contribution >= 0.6 is 12.4 Å². The maximum atomic E-state index is 12.0. The van der Waals surface area contributed by atoms with Crippen molar-refractivity contribution in [2.24, 2.45) is 0 Å². The summed E-state index contributed by atoms with van der Waals surface area (Å²) in [7, 11) is 2.14. The third kappa shape index (κ3) is 5.65. The number of likely N-dealkylation sites (N-methyl/N-ethyl adjacent to an activating group) is 1. The van der Waals surface area contributed by atoms with E-state index in [9.17, 15) is 4.79 Å². The number of aryl methyl sites for hydroxylation is 1. The smallest absolute Gasteiger partial charge is 0.338 e. The minimum absolute atomic E-state index is 0. The number of piperazine rings is 1. The summed E-state index contributed by atoms with van der Waals surface area (Å²) >= 11 is 0. The number of ether oxygens (including phenoxy) is 1. The Hall–Kier alpha value is -1.10. The summed E-state index contributed by atoms with van der Waals surface area (Å²) in [6, 6.07) is 7.50. The van der Waals surface area contributed by atoms with Gasteiger partial charge in [0, 0.05) is 32.7 Å². The molecule has 0 aliphatic carbocycles. The molecule has 1 fully saturated rings. The zero-order valence-electron chi connectivity index (χ0n) is 13.0. The fourth-order valence-electron chi connectivity index (χ4n) is 2.37. The molecule has 0 N–H and O–H groups in total. The predicted molar refractivity (Wildman–Crippen MR) is 87.2 cm³/mol. The van der Waals surface area contributed by atoms with Gasteiger partial charge in [-0.15, -0.1) is 12.4 Å². The molecule has 1 aromatic rings. The van der Waals surface area contributed by atoms with E-state index < -0.39 is 0 Å². The molecule has 1 aliphatic heterocycles. The van der Waals surface area contributed by atoms with Crippen molar-refractivity contribution in [3.05, 3.63) is 35.4 Å². The third-order valence-corrected chi connectivity index (χ3v) is 3.71. The summed E-state index contributed by atoms with van der Waals surface area (Å²) in [6.45, 7) is 9.03. The fourth-order valence-corrected chi connectivity index (χ4v) is 2.37. The minimum atomic E-state index is -0.230. The number of nitrogens with zero attached hydrogens (tertiary/aromatic N) is 2. The monoisotopic (exact) mass is 312 g/mol. The first-order chi connectivity index (χ1) is 9.54. The minimum Gasteiger partial charge on any atom is -0.458 e. The van der Waals surface area contributed by atoms with Crippen molar-refractivity contribution in [3.8, 4) is 0 Å². The highest BCUT2D eigenvalue weighted by atomic mass is 35.5. The van der Waals surface area contributed by atoms with Crippen LogP contribution in [-0.4, -0.2) is 61.6 Å². The van der Waals surface area contributed by atoms with Crippen molar-refractivity contribution in [3.63, 3.8) is 0 Å². The highest BCUT2D eigenvalue weighted by molar-refractivity contribution is 5.89. The molecule has 0 spiro atoms. The van der Waals surface area contributed by atoms with Gasteiger partial charge in [0.25, 0.3) is 0 Å². The van der Waals surface area contributed by atoms with Gasteiger partial charge in [-0.2, -0.15) is 0 Å². The van der Waals surface area contributed by atoms with E-state index in [4.69, 9.17) is 4.74 Å². The fraction of sp³-hybridized carbons (Fsp3) is 0.562. The number of carbonyl (C=O) groups is 1. The lowest BCUT2D eigenvalue weighted by atomic mass is 10.1. The van der Waals surface area contributed by atoms with Gasteiger partial charge in [0.1, 0.15) is 6.10 Å². The van der Waals surface area contributed by atoms with Crippen LogP contribution in [0.25, 0.3) is 0 Å². The molecule has 0 bridgehead atoms. The van der Waals surface area contributed by atoms with Crippen molar-refractivity contribution in [2.75, 3.05) is 39.8 Å². The van der Waals surface area contributed by atoms with Crippen LogP contribution in [0.1, 0.15) is 22.8 Å². The van der Waals surface area contributed by atoms with Crippen LogP contribution in [0.5, 0.6) is 0 Å².